The lowest BCUT2D eigenvalue weighted by molar-refractivity contribution is -0.155. The summed E-state index contributed by atoms with van der Waals surface area (Å²) in [5.41, 5.74) is 6.55. The summed E-state index contributed by atoms with van der Waals surface area (Å²) < 4.78 is 11.8. The summed E-state index contributed by atoms with van der Waals surface area (Å²) in [6, 6.07) is 6.34. The Bertz CT molecular complexity index is 853. The van der Waals surface area contributed by atoms with Gasteiger partial charge in [-0.3, -0.25) is 9.59 Å². The van der Waals surface area contributed by atoms with Gasteiger partial charge in [0.15, 0.2) is 0 Å². The maximum Gasteiger partial charge on any atom is 0.326 e. The van der Waals surface area contributed by atoms with Gasteiger partial charge in [0.25, 0.3) is 5.56 Å². The third-order valence-electron chi connectivity index (χ3n) is 3.33. The van der Waals surface area contributed by atoms with Gasteiger partial charge in [0.2, 0.25) is 0 Å². The molecule has 0 spiro atoms. The molecule has 0 fully saturated rings. The first kappa shape index (κ1) is 18.9. The second-order valence-electron chi connectivity index (χ2n) is 6.54. The summed E-state index contributed by atoms with van der Waals surface area (Å²) in [7, 11) is 1.47. The van der Waals surface area contributed by atoms with Crippen LogP contribution in [-0.4, -0.2) is 23.2 Å². The van der Waals surface area contributed by atoms with Crippen molar-refractivity contribution < 1.29 is 14.3 Å². The number of esters is 1. The van der Waals surface area contributed by atoms with Crippen LogP contribution in [0.5, 0.6) is 5.75 Å². The molecule has 0 aliphatic rings. The van der Waals surface area contributed by atoms with Gasteiger partial charge in [-0.1, -0.05) is 11.6 Å². The molecule has 0 unspecified atom stereocenters. The molecule has 0 saturated heterocycles. The predicted octanol–water partition coefficient (Wildman–Crippen LogP) is 3.10. The largest absolute Gasteiger partial charge is 0.495 e. The summed E-state index contributed by atoms with van der Waals surface area (Å²) in [4.78, 5) is 24.4. The molecule has 1 heterocycles. The number of carbonyl (C=O) groups excluding carboxylic acids is 1. The Morgan fingerprint density at radius 1 is 1.24 bits per heavy atom. The van der Waals surface area contributed by atoms with Gasteiger partial charge in [0.1, 0.15) is 17.9 Å². The van der Waals surface area contributed by atoms with Crippen molar-refractivity contribution in [3.8, 4) is 16.9 Å². The average molecular weight is 365 g/mol. The van der Waals surface area contributed by atoms with Crippen LogP contribution in [0.15, 0.2) is 35.3 Å². The highest BCUT2D eigenvalue weighted by molar-refractivity contribution is 6.31. The number of nitrogen functional groups attached to an aromatic ring is 1. The van der Waals surface area contributed by atoms with Crippen LogP contribution in [0.3, 0.4) is 0 Å². The van der Waals surface area contributed by atoms with Crippen molar-refractivity contribution in [2.75, 3.05) is 12.8 Å². The molecule has 2 rings (SSSR count). The molecule has 1 aromatic heterocycles. The average Bonchev–Trinajstić information content (AvgIpc) is 2.49. The molecule has 0 amide bonds. The number of methoxy groups -OCH3 is 1. The number of nitrogens with two attached hydrogens (primary N) is 1. The van der Waals surface area contributed by atoms with E-state index < -0.39 is 11.6 Å². The Balaban J connectivity index is 2.44. The number of nitrogens with zero attached hydrogens (tertiary/aromatic N) is 1. The van der Waals surface area contributed by atoms with Crippen molar-refractivity contribution in [1.82, 2.24) is 4.57 Å². The van der Waals surface area contributed by atoms with E-state index in [2.05, 4.69) is 0 Å². The molecule has 25 heavy (non-hydrogen) atoms. The SMILES string of the molecule is COc1cn(CC(=O)OC(C)(C)C)c(=O)cc1-c1cc(Cl)ccc1N. The van der Waals surface area contributed by atoms with Gasteiger partial charge >= 0.3 is 5.97 Å². The number of aromatic nitrogens is 1. The quantitative estimate of drug-likeness (QED) is 0.665. The topological polar surface area (TPSA) is 83.5 Å². The zero-order chi connectivity index (χ0) is 18.8. The fourth-order valence-electron chi connectivity index (χ4n) is 2.32. The number of ether oxygens (including phenoxy) is 2. The molecule has 1 aromatic carbocycles. The van der Waals surface area contributed by atoms with E-state index in [1.54, 1.807) is 39.0 Å². The van der Waals surface area contributed by atoms with Crippen LogP contribution in [0.25, 0.3) is 11.1 Å². The fourth-order valence-corrected chi connectivity index (χ4v) is 2.50. The van der Waals surface area contributed by atoms with Crippen LogP contribution < -0.4 is 16.0 Å². The molecule has 0 bridgehead atoms. The van der Waals surface area contributed by atoms with Crippen LogP contribution >= 0.6 is 11.6 Å². The second-order valence-corrected chi connectivity index (χ2v) is 6.98. The van der Waals surface area contributed by atoms with Crippen molar-refractivity contribution in [3.05, 3.63) is 45.8 Å². The highest BCUT2D eigenvalue weighted by Crippen LogP contribution is 2.34. The summed E-state index contributed by atoms with van der Waals surface area (Å²) in [5, 5.41) is 0.490. The van der Waals surface area contributed by atoms with E-state index in [9.17, 15) is 9.59 Å². The number of benzene rings is 1. The van der Waals surface area contributed by atoms with Crippen LogP contribution in [0.4, 0.5) is 5.69 Å². The van der Waals surface area contributed by atoms with Crippen molar-refractivity contribution in [1.29, 1.82) is 0 Å². The van der Waals surface area contributed by atoms with E-state index in [1.165, 1.54) is 23.9 Å². The molecular formula is C18H21ClN2O4. The molecular weight excluding hydrogens is 344 g/mol. The zero-order valence-corrected chi connectivity index (χ0v) is 15.4. The summed E-state index contributed by atoms with van der Waals surface area (Å²) in [6.45, 7) is 5.08. The van der Waals surface area contributed by atoms with Crippen LogP contribution in [0.2, 0.25) is 5.02 Å². The summed E-state index contributed by atoms with van der Waals surface area (Å²) >= 11 is 6.02. The number of hydrogen-bond donors (Lipinski definition) is 1. The Morgan fingerprint density at radius 2 is 1.92 bits per heavy atom. The van der Waals surface area contributed by atoms with Gasteiger partial charge in [-0.15, -0.1) is 0 Å². The van der Waals surface area contributed by atoms with Crippen molar-refractivity contribution in [3.63, 3.8) is 0 Å². The van der Waals surface area contributed by atoms with Crippen LogP contribution in [0, 0.1) is 0 Å². The van der Waals surface area contributed by atoms with Gasteiger partial charge in [0, 0.05) is 27.9 Å². The molecule has 0 atom stereocenters. The smallest absolute Gasteiger partial charge is 0.326 e. The van der Waals surface area contributed by atoms with Crippen molar-refractivity contribution in [2.45, 2.75) is 32.9 Å². The van der Waals surface area contributed by atoms with Gasteiger partial charge in [-0.25, -0.2) is 0 Å². The lowest BCUT2D eigenvalue weighted by Crippen LogP contribution is -2.30. The molecule has 0 aliphatic carbocycles. The van der Waals surface area contributed by atoms with Crippen LogP contribution in [0.1, 0.15) is 20.8 Å². The summed E-state index contributed by atoms with van der Waals surface area (Å²) in [5.74, 6) is -0.108. The number of halogens is 1. The molecule has 0 saturated carbocycles. The predicted molar refractivity (Wildman–Crippen MR) is 98.0 cm³/mol. The maximum atomic E-state index is 12.4. The highest BCUT2D eigenvalue weighted by Gasteiger charge is 2.18. The molecule has 0 aliphatic heterocycles. The Hall–Kier alpha value is -2.47. The molecule has 2 N–H and O–H groups in total. The number of rotatable bonds is 4. The third-order valence-corrected chi connectivity index (χ3v) is 3.57. The Morgan fingerprint density at radius 3 is 2.52 bits per heavy atom. The number of anilines is 1. The molecule has 7 heteroatoms. The molecule has 2 aromatic rings. The molecule has 6 nitrogen and oxygen atoms in total. The number of hydrogen-bond acceptors (Lipinski definition) is 5. The van der Waals surface area contributed by atoms with E-state index >= 15 is 0 Å². The lowest BCUT2D eigenvalue weighted by Gasteiger charge is -2.20. The molecule has 0 radical (unpaired) electrons. The maximum absolute atomic E-state index is 12.4. The first-order valence-electron chi connectivity index (χ1n) is 7.66. The highest BCUT2D eigenvalue weighted by atomic mass is 35.5. The normalized spacial score (nSPS) is 11.2. The monoisotopic (exact) mass is 364 g/mol. The lowest BCUT2D eigenvalue weighted by atomic mass is 10.0. The minimum absolute atomic E-state index is 0.211. The zero-order valence-electron chi connectivity index (χ0n) is 14.6. The minimum Gasteiger partial charge on any atom is -0.495 e. The molecule has 134 valence electrons. The van der Waals surface area contributed by atoms with Gasteiger partial charge < -0.3 is 19.8 Å². The van der Waals surface area contributed by atoms with Gasteiger partial charge in [0.05, 0.1) is 13.3 Å². The van der Waals surface area contributed by atoms with Crippen LogP contribution in [-0.2, 0) is 16.1 Å². The van der Waals surface area contributed by atoms with E-state index in [0.29, 0.717) is 27.6 Å². The third kappa shape index (κ3) is 4.76. The first-order valence-corrected chi connectivity index (χ1v) is 8.04. The van der Waals surface area contributed by atoms with E-state index in [0.717, 1.165) is 0 Å². The number of carbonyl (C=O) groups is 1. The van der Waals surface area contributed by atoms with Gasteiger partial charge in [-0.2, -0.15) is 0 Å². The Labute approximate surface area is 151 Å². The fraction of sp³-hybridized carbons (Fsp3) is 0.333. The number of pyridine rings is 1. The van der Waals surface area contributed by atoms with E-state index in [4.69, 9.17) is 26.8 Å². The van der Waals surface area contributed by atoms with Crippen molar-refractivity contribution in [2.24, 2.45) is 0 Å². The van der Waals surface area contributed by atoms with Gasteiger partial charge in [-0.05, 0) is 39.0 Å². The van der Waals surface area contributed by atoms with Crippen molar-refractivity contribution >= 4 is 23.3 Å². The van der Waals surface area contributed by atoms with E-state index in [1.807, 2.05) is 0 Å². The summed E-state index contributed by atoms with van der Waals surface area (Å²) in [6.07, 6.45) is 1.46. The standard InChI is InChI=1S/C18H21ClN2O4/c1-18(2,3)25-17(23)10-21-9-15(24-4)13(8-16(21)22)12-7-11(19)5-6-14(12)20/h5-9H,10,20H2,1-4H3. The Kier molecular flexibility index (Phi) is 5.42. The first-order chi connectivity index (χ1) is 11.6. The second kappa shape index (κ2) is 7.19. The van der Waals surface area contributed by atoms with E-state index in [-0.39, 0.29) is 12.1 Å². The minimum atomic E-state index is -0.625.